The second-order valence-electron chi connectivity index (χ2n) is 3.90. The second kappa shape index (κ2) is 4.53. The van der Waals surface area contributed by atoms with Crippen LogP contribution in [0, 0.1) is 0 Å². The van der Waals surface area contributed by atoms with Crippen molar-refractivity contribution in [2.75, 3.05) is 6.54 Å². The molecule has 0 saturated heterocycles. The van der Waals surface area contributed by atoms with Crippen LogP contribution in [0.15, 0.2) is 28.0 Å². The molecule has 1 aromatic heterocycles. The zero-order chi connectivity index (χ0) is 12.7. The standard InChI is InChI=1S/C12H8Cl2N2OS/c13-8-2-1-7(9(14)6-8)5-10-11(17)16-4-3-15-12(16)18-10/h1-2,5-6H,3-4H2/b10-5-. The summed E-state index contributed by atoms with van der Waals surface area (Å²) in [6.45, 7) is 1.37. The van der Waals surface area contributed by atoms with E-state index in [0.717, 1.165) is 10.4 Å². The smallest absolute Gasteiger partial charge is 0.270 e. The van der Waals surface area contributed by atoms with Gasteiger partial charge < -0.3 is 0 Å². The average Bonchev–Trinajstić information content (AvgIpc) is 2.88. The van der Waals surface area contributed by atoms with E-state index in [-0.39, 0.29) is 5.56 Å². The molecule has 18 heavy (non-hydrogen) atoms. The van der Waals surface area contributed by atoms with Gasteiger partial charge in [-0.2, -0.15) is 0 Å². The maximum Gasteiger partial charge on any atom is 0.270 e. The van der Waals surface area contributed by atoms with Gasteiger partial charge in [0.2, 0.25) is 0 Å². The van der Waals surface area contributed by atoms with Gasteiger partial charge >= 0.3 is 0 Å². The monoisotopic (exact) mass is 298 g/mol. The molecule has 0 radical (unpaired) electrons. The molecular weight excluding hydrogens is 291 g/mol. The Bertz CT molecular complexity index is 791. The van der Waals surface area contributed by atoms with E-state index in [1.165, 1.54) is 11.3 Å². The Labute approximate surface area is 117 Å². The molecule has 0 fully saturated rings. The fourth-order valence-corrected chi connectivity index (χ4v) is 3.31. The van der Waals surface area contributed by atoms with Gasteiger partial charge in [0.05, 0.1) is 11.1 Å². The number of halogens is 2. The summed E-state index contributed by atoms with van der Waals surface area (Å²) in [5.74, 6) is 0. The number of hydrogen-bond acceptors (Lipinski definition) is 3. The van der Waals surface area contributed by atoms with Gasteiger partial charge in [-0.1, -0.05) is 40.6 Å². The third kappa shape index (κ3) is 2.00. The van der Waals surface area contributed by atoms with Crippen molar-refractivity contribution in [3.8, 4) is 0 Å². The van der Waals surface area contributed by atoms with E-state index in [4.69, 9.17) is 23.2 Å². The molecule has 0 spiro atoms. The predicted octanol–water partition coefficient (Wildman–Crippen LogP) is 1.68. The van der Waals surface area contributed by atoms with Gasteiger partial charge in [0.25, 0.3) is 5.56 Å². The van der Waals surface area contributed by atoms with Crippen LogP contribution in [-0.4, -0.2) is 11.1 Å². The summed E-state index contributed by atoms with van der Waals surface area (Å²) in [5, 5.41) is 1.12. The van der Waals surface area contributed by atoms with Gasteiger partial charge in [-0.25, -0.2) is 0 Å². The van der Waals surface area contributed by atoms with E-state index < -0.39 is 0 Å². The maximum absolute atomic E-state index is 12.1. The molecule has 2 aromatic rings. The highest BCUT2D eigenvalue weighted by Gasteiger charge is 2.09. The van der Waals surface area contributed by atoms with Crippen LogP contribution in [0.5, 0.6) is 0 Å². The molecule has 0 aliphatic carbocycles. The summed E-state index contributed by atoms with van der Waals surface area (Å²) < 4.78 is 2.35. The zero-order valence-electron chi connectivity index (χ0n) is 9.19. The molecule has 1 aliphatic heterocycles. The van der Waals surface area contributed by atoms with Crippen molar-refractivity contribution in [2.24, 2.45) is 4.99 Å². The topological polar surface area (TPSA) is 34.4 Å². The first-order chi connectivity index (χ1) is 8.65. The molecule has 92 valence electrons. The van der Waals surface area contributed by atoms with Crippen molar-refractivity contribution in [1.82, 2.24) is 4.57 Å². The molecule has 3 rings (SSSR count). The van der Waals surface area contributed by atoms with Crippen molar-refractivity contribution in [3.05, 3.63) is 53.5 Å². The lowest BCUT2D eigenvalue weighted by Crippen LogP contribution is -2.29. The number of hydrogen-bond donors (Lipinski definition) is 0. The van der Waals surface area contributed by atoms with Crippen LogP contribution in [0.4, 0.5) is 0 Å². The van der Waals surface area contributed by atoms with Crippen molar-refractivity contribution in [2.45, 2.75) is 6.54 Å². The van der Waals surface area contributed by atoms with Gasteiger partial charge in [0.15, 0.2) is 4.80 Å². The first-order valence-corrected chi connectivity index (χ1v) is 6.93. The highest BCUT2D eigenvalue weighted by molar-refractivity contribution is 7.07. The van der Waals surface area contributed by atoms with E-state index in [1.807, 2.05) is 0 Å². The van der Waals surface area contributed by atoms with E-state index in [1.54, 1.807) is 28.8 Å². The van der Waals surface area contributed by atoms with E-state index in [0.29, 0.717) is 27.7 Å². The minimum atomic E-state index is 0.00210. The zero-order valence-corrected chi connectivity index (χ0v) is 11.5. The third-order valence-corrected chi connectivity index (χ3v) is 4.31. The molecule has 0 bridgehead atoms. The number of fused-ring (bicyclic) bond motifs is 1. The summed E-state index contributed by atoms with van der Waals surface area (Å²) in [4.78, 5) is 17.1. The Morgan fingerprint density at radius 2 is 2.22 bits per heavy atom. The fourth-order valence-electron chi connectivity index (χ4n) is 1.83. The Hall–Kier alpha value is -1.10. The van der Waals surface area contributed by atoms with Crippen LogP contribution in [-0.2, 0) is 6.54 Å². The van der Waals surface area contributed by atoms with Gasteiger partial charge in [0, 0.05) is 16.6 Å². The fraction of sp³-hybridized carbons (Fsp3) is 0.167. The largest absolute Gasteiger partial charge is 0.282 e. The summed E-state index contributed by atoms with van der Waals surface area (Å²) in [6, 6.07) is 5.22. The summed E-state index contributed by atoms with van der Waals surface area (Å²) in [7, 11) is 0. The van der Waals surface area contributed by atoms with Gasteiger partial charge in [-0.3, -0.25) is 14.4 Å². The van der Waals surface area contributed by atoms with Crippen LogP contribution < -0.4 is 14.9 Å². The molecule has 0 saturated carbocycles. The normalized spacial score (nSPS) is 14.7. The number of nitrogens with zero attached hydrogens (tertiary/aromatic N) is 2. The summed E-state index contributed by atoms with van der Waals surface area (Å²) in [5.41, 5.74) is 0.793. The highest BCUT2D eigenvalue weighted by Crippen LogP contribution is 2.21. The minimum absolute atomic E-state index is 0.00210. The van der Waals surface area contributed by atoms with Gasteiger partial charge in [-0.15, -0.1) is 0 Å². The molecular formula is C12H8Cl2N2OS. The van der Waals surface area contributed by atoms with Crippen molar-refractivity contribution < 1.29 is 0 Å². The lowest BCUT2D eigenvalue weighted by atomic mass is 10.2. The quantitative estimate of drug-likeness (QED) is 0.789. The van der Waals surface area contributed by atoms with E-state index in [2.05, 4.69) is 4.99 Å². The van der Waals surface area contributed by atoms with Crippen molar-refractivity contribution in [3.63, 3.8) is 0 Å². The third-order valence-electron chi connectivity index (χ3n) is 2.71. The molecule has 1 aromatic carbocycles. The Morgan fingerprint density at radius 1 is 1.39 bits per heavy atom. The molecule has 2 heterocycles. The molecule has 3 nitrogen and oxygen atoms in total. The summed E-state index contributed by atoms with van der Waals surface area (Å²) >= 11 is 13.3. The predicted molar refractivity (Wildman–Crippen MR) is 74.3 cm³/mol. The second-order valence-corrected chi connectivity index (χ2v) is 5.75. The van der Waals surface area contributed by atoms with Gasteiger partial charge in [0.1, 0.15) is 0 Å². The Morgan fingerprint density at radius 3 is 2.94 bits per heavy atom. The van der Waals surface area contributed by atoms with Crippen LogP contribution >= 0.6 is 34.5 Å². The maximum atomic E-state index is 12.1. The summed E-state index contributed by atoms with van der Waals surface area (Å²) in [6.07, 6.45) is 1.78. The van der Waals surface area contributed by atoms with Crippen LogP contribution in [0.25, 0.3) is 6.08 Å². The average molecular weight is 299 g/mol. The molecule has 1 aliphatic rings. The number of aromatic nitrogens is 1. The SMILES string of the molecule is O=c1/c(=C/c2ccc(Cl)cc2Cl)sc2n1CCN=2. The molecule has 0 atom stereocenters. The first-order valence-electron chi connectivity index (χ1n) is 5.36. The lowest BCUT2D eigenvalue weighted by Gasteiger charge is -1.97. The molecule has 6 heteroatoms. The molecule has 0 amide bonds. The van der Waals surface area contributed by atoms with Crippen LogP contribution in [0.1, 0.15) is 5.56 Å². The number of rotatable bonds is 1. The Balaban J connectivity index is 2.21. The molecule has 0 unspecified atom stereocenters. The first kappa shape index (κ1) is 12.0. The van der Waals surface area contributed by atoms with E-state index in [9.17, 15) is 4.79 Å². The lowest BCUT2D eigenvalue weighted by molar-refractivity contribution is 0.740. The van der Waals surface area contributed by atoms with Gasteiger partial charge in [-0.05, 0) is 23.8 Å². The van der Waals surface area contributed by atoms with E-state index >= 15 is 0 Å². The van der Waals surface area contributed by atoms with Crippen LogP contribution in [0.3, 0.4) is 0 Å². The minimum Gasteiger partial charge on any atom is -0.282 e. The number of thiazole rings is 1. The number of benzene rings is 1. The van der Waals surface area contributed by atoms with Crippen molar-refractivity contribution in [1.29, 1.82) is 0 Å². The van der Waals surface area contributed by atoms with Crippen molar-refractivity contribution >= 4 is 40.6 Å². The molecule has 0 N–H and O–H groups in total. The van der Waals surface area contributed by atoms with Crippen LogP contribution in [0.2, 0.25) is 10.0 Å². The Kier molecular flexibility index (Phi) is 3.01. The highest BCUT2D eigenvalue weighted by atomic mass is 35.5.